The van der Waals surface area contributed by atoms with Crippen LogP contribution in [-0.2, 0) is 36.9 Å². The highest BCUT2D eigenvalue weighted by Gasteiger charge is 2.52. The Morgan fingerprint density at radius 3 is 1.12 bits per heavy atom. The summed E-state index contributed by atoms with van der Waals surface area (Å²) in [4.78, 5) is 92.2. The lowest BCUT2D eigenvalue weighted by Crippen LogP contribution is -2.48. The molecule has 3 spiro atoms. The van der Waals surface area contributed by atoms with E-state index in [1.807, 2.05) is 128 Å². The fourth-order valence-corrected chi connectivity index (χ4v) is 12.8. The zero-order valence-corrected chi connectivity index (χ0v) is 53.9. The highest BCUT2D eigenvalue weighted by Crippen LogP contribution is 2.52. The SMILES string of the molecule is C.CC(C)(C)OC(=O)N1CCC2(CC(N)C2)C1.CN(C(=O)OCc1ccccc1)c1ccc(NC2CC3(CCN(C(=O)OC(C)(C)C)C3)C2)c([N+](=O)[O-])c1.CN(C(=O)OCc1ccccc1)c1ccc(NC2CC3(CCN(C(=O)OC(C)(C)C)C3)C2)c([N+](=O)[O-])c1. The molecule has 0 unspecified atom stereocenters. The molecule has 6 aliphatic rings. The van der Waals surface area contributed by atoms with Crippen LogP contribution in [0.1, 0.15) is 139 Å². The second-order valence-corrected chi connectivity index (χ2v) is 28.2. The lowest BCUT2D eigenvalue weighted by Gasteiger charge is -2.45. The summed E-state index contributed by atoms with van der Waals surface area (Å²) < 4.78 is 27.0. The standard InChI is InChI=1S/2C27H34N4O6.C12H22N2O2.CH4/c2*1-26(2,3)37-25(33)30-13-12-27(18-30)15-20(16-27)28-22-11-10-21(14-23(22)31(34)35)29(4)24(32)36-17-19-8-6-5-7-9-19;1-11(2,3)16-10(15)14-5-4-12(8-14)6-9(13)7-12;/h2*5-11,14,20,28H,12-13,15-18H2,1-4H3;9H,4-8,13H2,1-3H3;1H4. The minimum Gasteiger partial charge on any atom is -0.444 e. The average molecular weight is 1260 g/mol. The van der Waals surface area contributed by atoms with E-state index in [0.717, 1.165) is 82.0 Å². The molecule has 3 saturated carbocycles. The number of carbonyl (C=O) groups is 5. The van der Waals surface area contributed by atoms with Crippen molar-refractivity contribution in [3.05, 3.63) is 128 Å². The molecular weight excluding hydrogens is 1170 g/mol. The Morgan fingerprint density at radius 2 is 0.835 bits per heavy atom. The molecule has 4 aromatic rings. The molecule has 4 N–H and O–H groups in total. The number of likely N-dealkylation sites (tertiary alicyclic amines) is 3. The van der Waals surface area contributed by atoms with Gasteiger partial charge in [0.1, 0.15) is 41.4 Å². The first-order valence-corrected chi connectivity index (χ1v) is 30.9. The molecule has 24 heteroatoms. The van der Waals surface area contributed by atoms with Crippen LogP contribution in [0.3, 0.4) is 0 Å². The fourth-order valence-electron chi connectivity index (χ4n) is 12.8. The van der Waals surface area contributed by atoms with Crippen LogP contribution in [0.2, 0.25) is 0 Å². The van der Waals surface area contributed by atoms with Crippen LogP contribution < -0.4 is 26.2 Å². The molecule has 24 nitrogen and oxygen atoms in total. The summed E-state index contributed by atoms with van der Waals surface area (Å²) >= 11 is 0. The molecule has 5 amide bonds. The summed E-state index contributed by atoms with van der Waals surface area (Å²) in [6.45, 7) is 21.3. The van der Waals surface area contributed by atoms with Gasteiger partial charge in [-0.2, -0.15) is 0 Å². The van der Waals surface area contributed by atoms with Crippen molar-refractivity contribution in [2.24, 2.45) is 22.0 Å². The first-order chi connectivity index (χ1) is 42.2. The quantitative estimate of drug-likeness (QED) is 0.0675. The predicted molar refractivity (Wildman–Crippen MR) is 348 cm³/mol. The Bertz CT molecular complexity index is 3040. The van der Waals surface area contributed by atoms with E-state index in [1.54, 1.807) is 34.1 Å². The highest BCUT2D eigenvalue weighted by atomic mass is 16.6. The van der Waals surface area contributed by atoms with Gasteiger partial charge in [-0.15, -0.1) is 0 Å². The number of nitro groups is 2. The topological polar surface area (TPSA) is 284 Å². The minimum absolute atomic E-state index is 0. The Morgan fingerprint density at radius 1 is 0.527 bits per heavy atom. The van der Waals surface area contributed by atoms with Gasteiger partial charge in [0.25, 0.3) is 11.4 Å². The van der Waals surface area contributed by atoms with Crippen molar-refractivity contribution >= 4 is 64.6 Å². The number of hydrogen-bond donors (Lipinski definition) is 3. The molecule has 10 rings (SSSR count). The van der Waals surface area contributed by atoms with Gasteiger partial charge in [0.15, 0.2) is 0 Å². The van der Waals surface area contributed by atoms with E-state index in [-0.39, 0.29) is 73.2 Å². The Labute approximate surface area is 534 Å². The van der Waals surface area contributed by atoms with Crippen LogP contribution >= 0.6 is 0 Å². The summed E-state index contributed by atoms with van der Waals surface area (Å²) in [5.74, 6) is 0. The van der Waals surface area contributed by atoms with Crippen molar-refractivity contribution in [2.75, 3.05) is 73.8 Å². The molecule has 496 valence electrons. The Balaban J connectivity index is 0.000000207. The van der Waals surface area contributed by atoms with Gasteiger partial charge >= 0.3 is 30.5 Å². The number of nitrogens with two attached hydrogens (primary N) is 1. The third kappa shape index (κ3) is 18.8. The lowest BCUT2D eigenvalue weighted by atomic mass is 9.65. The van der Waals surface area contributed by atoms with Gasteiger partial charge in [0.05, 0.1) is 21.2 Å². The zero-order chi connectivity index (χ0) is 65.6. The monoisotopic (exact) mass is 1260 g/mol. The van der Waals surface area contributed by atoms with Gasteiger partial charge in [-0.1, -0.05) is 68.1 Å². The number of amides is 5. The lowest BCUT2D eigenvalue weighted by molar-refractivity contribution is -0.384. The maximum atomic E-state index is 12.5. The smallest absolute Gasteiger partial charge is 0.414 e. The van der Waals surface area contributed by atoms with Crippen LogP contribution in [0.4, 0.5) is 58.1 Å². The van der Waals surface area contributed by atoms with Gasteiger partial charge in [-0.05, 0) is 172 Å². The zero-order valence-electron chi connectivity index (χ0n) is 53.9. The van der Waals surface area contributed by atoms with Crippen LogP contribution in [0.15, 0.2) is 97.1 Å². The molecule has 4 aromatic carbocycles. The largest absolute Gasteiger partial charge is 0.444 e. The molecule has 3 saturated heterocycles. The Hall–Kier alpha value is -8.41. The van der Waals surface area contributed by atoms with Gasteiger partial charge in [-0.25, -0.2) is 24.0 Å². The number of anilines is 4. The molecule has 0 radical (unpaired) electrons. The van der Waals surface area contributed by atoms with E-state index in [2.05, 4.69) is 10.6 Å². The fraction of sp³-hybridized carbons (Fsp3) is 0.567. The van der Waals surface area contributed by atoms with Crippen molar-refractivity contribution in [2.45, 2.75) is 176 Å². The van der Waals surface area contributed by atoms with E-state index < -0.39 is 38.8 Å². The minimum atomic E-state index is -0.601. The number of benzene rings is 4. The molecular formula is C67H94N10O14. The third-order valence-corrected chi connectivity index (χ3v) is 17.2. The maximum Gasteiger partial charge on any atom is 0.414 e. The first kappa shape index (κ1) is 70.1. The van der Waals surface area contributed by atoms with Crippen LogP contribution in [0.25, 0.3) is 0 Å². The van der Waals surface area contributed by atoms with E-state index in [0.29, 0.717) is 60.4 Å². The van der Waals surface area contributed by atoms with Crippen LogP contribution in [-0.4, -0.2) is 143 Å². The number of nitrogens with one attached hydrogen (secondary N) is 2. The molecule has 0 bridgehead atoms. The normalized spacial score (nSPS) is 22.9. The summed E-state index contributed by atoms with van der Waals surface area (Å²) in [6, 6.07) is 28.4. The second kappa shape index (κ2) is 28.4. The van der Waals surface area contributed by atoms with Crippen LogP contribution in [0, 0.1) is 36.5 Å². The number of nitrogens with zero attached hydrogens (tertiary/aromatic N) is 7. The predicted octanol–water partition coefficient (Wildman–Crippen LogP) is 13.5. The van der Waals surface area contributed by atoms with Gasteiger partial charge in [0, 0.05) is 83.6 Å². The number of ether oxygens (including phenoxy) is 5. The third-order valence-electron chi connectivity index (χ3n) is 17.2. The van der Waals surface area contributed by atoms with Gasteiger partial charge in [0.2, 0.25) is 0 Å². The molecule has 0 aromatic heterocycles. The summed E-state index contributed by atoms with van der Waals surface area (Å²) in [6.07, 6.45) is 6.29. The average Bonchev–Trinajstić information content (AvgIpc) is 1.70. The molecule has 91 heavy (non-hydrogen) atoms. The van der Waals surface area contributed by atoms with Crippen molar-refractivity contribution in [1.82, 2.24) is 14.7 Å². The molecule has 3 heterocycles. The molecule has 3 aliphatic carbocycles. The number of rotatable bonds is 12. The van der Waals surface area contributed by atoms with Crippen molar-refractivity contribution < 1.29 is 57.5 Å². The van der Waals surface area contributed by atoms with Gasteiger partial charge < -0.3 is 54.8 Å². The summed E-state index contributed by atoms with van der Waals surface area (Å²) in [5.41, 5.74) is 7.74. The number of nitro benzene ring substituents is 2. The first-order valence-electron chi connectivity index (χ1n) is 30.9. The van der Waals surface area contributed by atoms with Crippen molar-refractivity contribution in [1.29, 1.82) is 0 Å². The second-order valence-electron chi connectivity index (χ2n) is 28.2. The molecule has 0 atom stereocenters. The van der Waals surface area contributed by atoms with Crippen molar-refractivity contribution in [3.8, 4) is 0 Å². The molecule has 6 fully saturated rings. The maximum absolute atomic E-state index is 12.5. The summed E-state index contributed by atoms with van der Waals surface area (Å²) in [7, 11) is 3.04. The van der Waals surface area contributed by atoms with E-state index >= 15 is 0 Å². The van der Waals surface area contributed by atoms with E-state index in [1.165, 1.54) is 36.0 Å². The van der Waals surface area contributed by atoms with Gasteiger partial charge in [-0.3, -0.25) is 30.0 Å². The summed E-state index contributed by atoms with van der Waals surface area (Å²) in [5, 5.41) is 30.2. The van der Waals surface area contributed by atoms with Crippen LogP contribution in [0.5, 0.6) is 0 Å². The number of carbonyl (C=O) groups excluding carboxylic acids is 5. The van der Waals surface area contributed by atoms with E-state index in [4.69, 9.17) is 29.4 Å². The Kier molecular flexibility index (Phi) is 21.9. The number of hydrogen-bond acceptors (Lipinski definition) is 17. The highest BCUT2D eigenvalue weighted by molar-refractivity contribution is 5.89. The van der Waals surface area contributed by atoms with Crippen molar-refractivity contribution in [3.63, 3.8) is 0 Å². The molecule has 3 aliphatic heterocycles. The van der Waals surface area contributed by atoms with E-state index in [9.17, 15) is 44.2 Å².